The molecule has 0 saturated heterocycles. The number of hydrogen-bond donors (Lipinski definition) is 1. The minimum atomic E-state index is -0.113. The van der Waals surface area contributed by atoms with Gasteiger partial charge in [0.2, 0.25) is 5.16 Å². The number of rotatable bonds is 4. The highest BCUT2D eigenvalue weighted by Crippen LogP contribution is 2.26. The molecule has 0 amide bonds. The molecule has 2 N–H and O–H groups in total. The summed E-state index contributed by atoms with van der Waals surface area (Å²) < 4.78 is 8.24. The zero-order valence-electron chi connectivity index (χ0n) is 14.2. The van der Waals surface area contributed by atoms with Crippen molar-refractivity contribution in [3.8, 4) is 11.4 Å². The molecule has 4 aromatic heterocycles. The van der Waals surface area contributed by atoms with Gasteiger partial charge < -0.3 is 10.3 Å². The zero-order chi connectivity index (χ0) is 18.3. The van der Waals surface area contributed by atoms with Gasteiger partial charge in [-0.3, -0.25) is 9.20 Å². The summed E-state index contributed by atoms with van der Waals surface area (Å²) in [6.45, 7) is 3.77. The molecule has 0 radical (unpaired) electrons. The van der Waals surface area contributed by atoms with Gasteiger partial charge >= 0.3 is 0 Å². The standard InChI is InChI=1S/C17H16N6O2S/c1-10-3-4-14-19-12(7-15(24)22(14)8-10)9-26-17-21-20-16(23(17)18)13-5-6-25-11(13)2/h3-8H,9,18H2,1-2H3. The maximum Gasteiger partial charge on any atom is 0.258 e. The Bertz CT molecular complexity index is 1160. The molecule has 0 bridgehead atoms. The molecular weight excluding hydrogens is 352 g/mol. The highest BCUT2D eigenvalue weighted by atomic mass is 32.2. The first-order valence-electron chi connectivity index (χ1n) is 7.89. The van der Waals surface area contributed by atoms with Gasteiger partial charge in [0.25, 0.3) is 5.56 Å². The Morgan fingerprint density at radius 3 is 2.85 bits per heavy atom. The van der Waals surface area contributed by atoms with Gasteiger partial charge in [-0.25, -0.2) is 9.66 Å². The van der Waals surface area contributed by atoms with E-state index in [0.29, 0.717) is 28.1 Å². The lowest BCUT2D eigenvalue weighted by molar-refractivity contribution is 0.535. The topological polar surface area (TPSA) is 104 Å². The van der Waals surface area contributed by atoms with Crippen molar-refractivity contribution in [2.75, 3.05) is 5.84 Å². The summed E-state index contributed by atoms with van der Waals surface area (Å²) in [5.41, 5.74) is 2.96. The van der Waals surface area contributed by atoms with Crippen LogP contribution in [0.1, 0.15) is 17.0 Å². The number of nitrogen functional groups attached to an aromatic ring is 1. The predicted octanol–water partition coefficient (Wildman–Crippen LogP) is 2.17. The second-order valence-corrected chi connectivity index (χ2v) is 6.82. The summed E-state index contributed by atoms with van der Waals surface area (Å²) in [7, 11) is 0. The number of nitrogens with zero attached hydrogens (tertiary/aromatic N) is 5. The smallest absolute Gasteiger partial charge is 0.258 e. The van der Waals surface area contributed by atoms with Crippen molar-refractivity contribution < 1.29 is 4.42 Å². The Hall–Kier alpha value is -3.07. The molecule has 26 heavy (non-hydrogen) atoms. The molecule has 0 aromatic carbocycles. The quantitative estimate of drug-likeness (QED) is 0.435. The Kier molecular flexibility index (Phi) is 4.00. The molecule has 8 nitrogen and oxygen atoms in total. The van der Waals surface area contributed by atoms with Crippen molar-refractivity contribution in [2.45, 2.75) is 24.8 Å². The average Bonchev–Trinajstić information content (AvgIpc) is 3.19. The van der Waals surface area contributed by atoms with Crippen molar-refractivity contribution in [1.82, 2.24) is 24.3 Å². The van der Waals surface area contributed by atoms with E-state index < -0.39 is 0 Å². The molecule has 0 saturated carbocycles. The Morgan fingerprint density at radius 2 is 2.08 bits per heavy atom. The van der Waals surface area contributed by atoms with E-state index in [0.717, 1.165) is 16.9 Å². The SMILES string of the molecule is Cc1ccc2nc(CSc3nnc(-c4ccoc4C)n3N)cc(=O)n2c1. The van der Waals surface area contributed by atoms with E-state index in [-0.39, 0.29) is 5.56 Å². The van der Waals surface area contributed by atoms with Crippen LogP contribution >= 0.6 is 11.8 Å². The summed E-state index contributed by atoms with van der Waals surface area (Å²) in [6, 6.07) is 7.08. The van der Waals surface area contributed by atoms with Crippen LogP contribution in [0, 0.1) is 13.8 Å². The summed E-state index contributed by atoms with van der Waals surface area (Å²) >= 11 is 1.37. The largest absolute Gasteiger partial charge is 0.469 e. The van der Waals surface area contributed by atoms with Crippen molar-refractivity contribution in [3.05, 3.63) is 64.1 Å². The highest BCUT2D eigenvalue weighted by Gasteiger charge is 2.16. The molecule has 4 heterocycles. The maximum atomic E-state index is 12.3. The Labute approximate surface area is 152 Å². The first kappa shape index (κ1) is 16.4. The number of hydrogen-bond acceptors (Lipinski definition) is 7. The van der Waals surface area contributed by atoms with E-state index in [2.05, 4.69) is 15.2 Å². The van der Waals surface area contributed by atoms with E-state index in [1.54, 1.807) is 18.5 Å². The normalized spacial score (nSPS) is 11.3. The van der Waals surface area contributed by atoms with Crippen molar-refractivity contribution in [1.29, 1.82) is 0 Å². The van der Waals surface area contributed by atoms with Gasteiger partial charge in [0.15, 0.2) is 5.82 Å². The number of fused-ring (bicyclic) bond motifs is 1. The molecule has 0 atom stereocenters. The fourth-order valence-electron chi connectivity index (χ4n) is 2.65. The van der Waals surface area contributed by atoms with Crippen LogP contribution in [0.2, 0.25) is 0 Å². The summed E-state index contributed by atoms with van der Waals surface area (Å²) in [5.74, 6) is 7.82. The van der Waals surface area contributed by atoms with E-state index >= 15 is 0 Å². The van der Waals surface area contributed by atoms with Crippen LogP contribution in [-0.4, -0.2) is 24.3 Å². The van der Waals surface area contributed by atoms with Crippen molar-refractivity contribution >= 4 is 17.4 Å². The summed E-state index contributed by atoms with van der Waals surface area (Å²) in [4.78, 5) is 16.8. The third kappa shape index (κ3) is 2.86. The number of pyridine rings is 1. The van der Waals surface area contributed by atoms with Crippen LogP contribution < -0.4 is 11.4 Å². The predicted molar refractivity (Wildman–Crippen MR) is 98.4 cm³/mol. The zero-order valence-corrected chi connectivity index (χ0v) is 15.0. The van der Waals surface area contributed by atoms with Crippen molar-refractivity contribution in [2.24, 2.45) is 0 Å². The number of aryl methyl sites for hydroxylation is 2. The molecule has 0 fully saturated rings. The first-order valence-corrected chi connectivity index (χ1v) is 8.88. The summed E-state index contributed by atoms with van der Waals surface area (Å²) in [6.07, 6.45) is 3.36. The van der Waals surface area contributed by atoms with Crippen LogP contribution in [0.3, 0.4) is 0 Å². The van der Waals surface area contributed by atoms with E-state index in [1.165, 1.54) is 26.9 Å². The third-order valence-electron chi connectivity index (χ3n) is 3.97. The Balaban J connectivity index is 1.59. The molecule has 0 aliphatic carbocycles. The number of thioether (sulfide) groups is 1. The molecule has 0 spiro atoms. The van der Waals surface area contributed by atoms with Crippen LogP contribution in [0.25, 0.3) is 17.0 Å². The summed E-state index contributed by atoms with van der Waals surface area (Å²) in [5, 5.41) is 8.79. The lowest BCUT2D eigenvalue weighted by atomic mass is 10.2. The molecular formula is C17H16N6O2S. The van der Waals surface area contributed by atoms with Gasteiger partial charge in [0, 0.05) is 18.0 Å². The lowest BCUT2D eigenvalue weighted by Gasteiger charge is -2.05. The third-order valence-corrected chi connectivity index (χ3v) is 4.95. The molecule has 0 aliphatic rings. The molecule has 9 heteroatoms. The second-order valence-electron chi connectivity index (χ2n) is 5.88. The van der Waals surface area contributed by atoms with Crippen LogP contribution in [-0.2, 0) is 5.75 Å². The first-order chi connectivity index (χ1) is 12.5. The molecule has 4 rings (SSSR count). The molecule has 0 aliphatic heterocycles. The second kappa shape index (κ2) is 6.34. The number of furan rings is 1. The maximum absolute atomic E-state index is 12.3. The monoisotopic (exact) mass is 368 g/mol. The van der Waals surface area contributed by atoms with Crippen LogP contribution in [0.4, 0.5) is 0 Å². The van der Waals surface area contributed by atoms with Crippen molar-refractivity contribution in [3.63, 3.8) is 0 Å². The fourth-order valence-corrected chi connectivity index (χ4v) is 3.40. The van der Waals surface area contributed by atoms with Gasteiger partial charge in [-0.1, -0.05) is 17.8 Å². The minimum Gasteiger partial charge on any atom is -0.469 e. The molecule has 132 valence electrons. The van der Waals surface area contributed by atoms with Crippen LogP contribution in [0.15, 0.2) is 51.1 Å². The molecule has 0 unspecified atom stereocenters. The molecule has 4 aromatic rings. The Morgan fingerprint density at radius 1 is 1.23 bits per heavy atom. The minimum absolute atomic E-state index is 0.113. The number of aromatic nitrogens is 5. The van der Waals surface area contributed by atoms with Gasteiger partial charge in [-0.05, 0) is 31.5 Å². The average molecular weight is 368 g/mol. The van der Waals surface area contributed by atoms with E-state index in [1.807, 2.05) is 26.0 Å². The van der Waals surface area contributed by atoms with E-state index in [9.17, 15) is 4.79 Å². The van der Waals surface area contributed by atoms with Gasteiger partial charge in [-0.15, -0.1) is 10.2 Å². The van der Waals surface area contributed by atoms with Gasteiger partial charge in [0.05, 0.1) is 17.5 Å². The van der Waals surface area contributed by atoms with E-state index in [4.69, 9.17) is 10.3 Å². The highest BCUT2D eigenvalue weighted by molar-refractivity contribution is 7.98. The van der Waals surface area contributed by atoms with Gasteiger partial charge in [0.1, 0.15) is 11.4 Å². The van der Waals surface area contributed by atoms with Gasteiger partial charge in [-0.2, -0.15) is 0 Å². The number of nitrogens with two attached hydrogens (primary N) is 1. The van der Waals surface area contributed by atoms with Crippen LogP contribution in [0.5, 0.6) is 0 Å². The lowest BCUT2D eigenvalue weighted by Crippen LogP contribution is -2.15. The fraction of sp³-hybridized carbons (Fsp3) is 0.176.